The van der Waals surface area contributed by atoms with Crippen LogP contribution >= 0.6 is 23.2 Å². The highest BCUT2D eigenvalue weighted by Gasteiger charge is 2.33. The lowest BCUT2D eigenvalue weighted by Gasteiger charge is -2.37. The van der Waals surface area contributed by atoms with Gasteiger partial charge in [0.1, 0.15) is 5.75 Å². The molecule has 2 atom stereocenters. The number of hydrogen-bond acceptors (Lipinski definition) is 5. The Labute approximate surface area is 156 Å². The van der Waals surface area contributed by atoms with Crippen LogP contribution in [0.25, 0.3) is 0 Å². The molecule has 1 aromatic rings. The van der Waals surface area contributed by atoms with Gasteiger partial charge in [-0.1, -0.05) is 23.2 Å². The van der Waals surface area contributed by atoms with Crippen molar-refractivity contribution in [3.05, 3.63) is 27.7 Å². The van der Waals surface area contributed by atoms with Crippen molar-refractivity contribution in [3.63, 3.8) is 0 Å². The highest BCUT2D eigenvalue weighted by molar-refractivity contribution is 6.42. The quantitative estimate of drug-likeness (QED) is 0.829. The van der Waals surface area contributed by atoms with E-state index in [9.17, 15) is 9.90 Å². The minimum absolute atomic E-state index is 0.0240. The Kier molecular flexibility index (Phi) is 6.07. The van der Waals surface area contributed by atoms with E-state index in [1.54, 1.807) is 11.0 Å². The molecule has 3 rings (SSSR count). The Morgan fingerprint density at radius 2 is 1.92 bits per heavy atom. The summed E-state index contributed by atoms with van der Waals surface area (Å²) in [5.74, 6) is 0.174. The number of piperidine rings is 1. The average molecular weight is 389 g/mol. The first kappa shape index (κ1) is 18.7. The molecule has 3 N–H and O–H groups in total. The van der Waals surface area contributed by atoms with E-state index in [2.05, 4.69) is 0 Å². The SMILES string of the molecule is N[C@@H](c1cc(Cl)c(Cl)cc1O)C1CCN(C(=O)C2COCCO2)CC1. The zero-order chi connectivity index (χ0) is 18.0. The smallest absolute Gasteiger partial charge is 0.254 e. The number of benzene rings is 1. The topological polar surface area (TPSA) is 85.0 Å². The normalized spacial score (nSPS) is 23.5. The summed E-state index contributed by atoms with van der Waals surface area (Å²) in [5, 5.41) is 10.8. The van der Waals surface area contributed by atoms with Crippen molar-refractivity contribution in [2.24, 2.45) is 11.7 Å². The highest BCUT2D eigenvalue weighted by atomic mass is 35.5. The van der Waals surface area contributed by atoms with Crippen LogP contribution in [0.4, 0.5) is 0 Å². The summed E-state index contributed by atoms with van der Waals surface area (Å²) in [6.45, 7) is 2.52. The third kappa shape index (κ3) is 4.20. The first-order valence-electron chi connectivity index (χ1n) is 8.39. The number of amides is 1. The molecule has 0 aliphatic carbocycles. The molecule has 0 spiro atoms. The summed E-state index contributed by atoms with van der Waals surface area (Å²) in [7, 11) is 0. The molecule has 1 amide bonds. The molecule has 1 aromatic carbocycles. The number of rotatable bonds is 3. The molecule has 138 valence electrons. The lowest BCUT2D eigenvalue weighted by molar-refractivity contribution is -0.159. The fraction of sp³-hybridized carbons (Fsp3) is 0.588. The number of halogens is 2. The monoisotopic (exact) mass is 388 g/mol. The molecule has 0 saturated carbocycles. The Bertz CT molecular complexity index is 629. The first-order chi connectivity index (χ1) is 12.0. The van der Waals surface area contributed by atoms with Gasteiger partial charge in [-0.15, -0.1) is 0 Å². The molecule has 2 saturated heterocycles. The standard InChI is InChI=1S/C17H22Cl2N2O4/c18-12-7-11(14(22)8-13(12)19)16(20)10-1-3-21(4-2-10)17(23)15-9-24-5-6-25-15/h7-8,10,15-16,22H,1-6,9,20H2/t15?,16-/m1/s1. The average Bonchev–Trinajstić information content (AvgIpc) is 2.64. The van der Waals surface area contributed by atoms with Crippen molar-refractivity contribution in [3.8, 4) is 5.75 Å². The Balaban J connectivity index is 1.60. The number of nitrogens with zero attached hydrogens (tertiary/aromatic N) is 1. The zero-order valence-corrected chi connectivity index (χ0v) is 15.3. The zero-order valence-electron chi connectivity index (χ0n) is 13.8. The Morgan fingerprint density at radius 3 is 2.56 bits per heavy atom. The minimum atomic E-state index is -0.502. The van der Waals surface area contributed by atoms with Crippen LogP contribution in [0.5, 0.6) is 5.75 Å². The van der Waals surface area contributed by atoms with Crippen molar-refractivity contribution >= 4 is 29.1 Å². The van der Waals surface area contributed by atoms with E-state index in [4.69, 9.17) is 38.4 Å². The number of carbonyl (C=O) groups is 1. The number of ether oxygens (including phenoxy) is 2. The highest BCUT2D eigenvalue weighted by Crippen LogP contribution is 2.37. The van der Waals surface area contributed by atoms with Crippen LogP contribution in [0.2, 0.25) is 10.0 Å². The van der Waals surface area contributed by atoms with Gasteiger partial charge in [-0.25, -0.2) is 0 Å². The van der Waals surface area contributed by atoms with Gasteiger partial charge in [0.25, 0.3) is 5.91 Å². The Morgan fingerprint density at radius 1 is 1.24 bits per heavy atom. The molecule has 2 aliphatic rings. The molecule has 2 fully saturated rings. The first-order valence-corrected chi connectivity index (χ1v) is 9.14. The van der Waals surface area contributed by atoms with E-state index < -0.39 is 6.10 Å². The van der Waals surface area contributed by atoms with E-state index in [1.807, 2.05) is 0 Å². The van der Waals surface area contributed by atoms with Crippen LogP contribution in [0.15, 0.2) is 12.1 Å². The second kappa shape index (κ2) is 8.10. The summed E-state index contributed by atoms with van der Waals surface area (Å²) in [4.78, 5) is 14.3. The molecular formula is C17H22Cl2N2O4. The Hall–Kier alpha value is -1.05. The summed E-state index contributed by atoms with van der Waals surface area (Å²) >= 11 is 11.9. The van der Waals surface area contributed by atoms with Crippen molar-refractivity contribution in [1.29, 1.82) is 0 Å². The van der Waals surface area contributed by atoms with E-state index in [0.29, 0.717) is 48.5 Å². The molecule has 2 heterocycles. The van der Waals surface area contributed by atoms with Gasteiger partial charge < -0.3 is 25.2 Å². The second-order valence-corrected chi connectivity index (χ2v) is 7.26. The van der Waals surface area contributed by atoms with Crippen molar-refractivity contribution in [2.45, 2.75) is 25.0 Å². The number of phenolic OH excluding ortho intramolecular Hbond substituents is 1. The second-order valence-electron chi connectivity index (χ2n) is 6.45. The molecule has 2 aliphatic heterocycles. The predicted octanol–water partition coefficient (Wildman–Crippen LogP) is 2.35. The molecule has 25 heavy (non-hydrogen) atoms. The molecule has 1 unspecified atom stereocenters. The van der Waals surface area contributed by atoms with Crippen molar-refractivity contribution < 1.29 is 19.4 Å². The van der Waals surface area contributed by atoms with Crippen LogP contribution in [0.3, 0.4) is 0 Å². The van der Waals surface area contributed by atoms with Crippen molar-refractivity contribution in [2.75, 3.05) is 32.9 Å². The molecule has 8 heteroatoms. The van der Waals surface area contributed by atoms with Gasteiger partial charge in [0.15, 0.2) is 6.10 Å². The fourth-order valence-corrected chi connectivity index (χ4v) is 3.72. The number of phenols is 1. The predicted molar refractivity (Wildman–Crippen MR) is 94.9 cm³/mol. The number of aromatic hydroxyl groups is 1. The van der Waals surface area contributed by atoms with Crippen molar-refractivity contribution in [1.82, 2.24) is 4.90 Å². The molecular weight excluding hydrogens is 367 g/mol. The minimum Gasteiger partial charge on any atom is -0.508 e. The van der Waals surface area contributed by atoms with Crippen LogP contribution in [0, 0.1) is 5.92 Å². The van der Waals surface area contributed by atoms with Gasteiger partial charge in [-0.3, -0.25) is 4.79 Å². The number of carbonyl (C=O) groups excluding carboxylic acids is 1. The van der Waals surface area contributed by atoms with E-state index >= 15 is 0 Å². The lowest BCUT2D eigenvalue weighted by Crippen LogP contribution is -2.48. The van der Waals surface area contributed by atoms with Crippen LogP contribution in [-0.4, -0.2) is 54.9 Å². The molecule has 0 bridgehead atoms. The van der Waals surface area contributed by atoms with Gasteiger partial charge in [-0.2, -0.15) is 0 Å². The maximum Gasteiger partial charge on any atom is 0.254 e. The lowest BCUT2D eigenvalue weighted by atomic mass is 9.85. The van der Waals surface area contributed by atoms with Crippen LogP contribution in [-0.2, 0) is 14.3 Å². The number of hydrogen-bond donors (Lipinski definition) is 2. The van der Waals surface area contributed by atoms with Crippen LogP contribution < -0.4 is 5.73 Å². The van der Waals surface area contributed by atoms with E-state index in [1.165, 1.54) is 6.07 Å². The third-order valence-corrected chi connectivity index (χ3v) is 5.60. The van der Waals surface area contributed by atoms with E-state index in [-0.39, 0.29) is 23.6 Å². The summed E-state index contributed by atoms with van der Waals surface area (Å²) in [5.41, 5.74) is 6.93. The molecule has 0 aromatic heterocycles. The summed E-state index contributed by atoms with van der Waals surface area (Å²) in [6.07, 6.45) is 0.999. The summed E-state index contributed by atoms with van der Waals surface area (Å²) in [6, 6.07) is 2.67. The van der Waals surface area contributed by atoms with E-state index in [0.717, 1.165) is 12.8 Å². The van der Waals surface area contributed by atoms with Gasteiger partial charge in [0, 0.05) is 30.8 Å². The van der Waals surface area contributed by atoms with Gasteiger partial charge in [0.2, 0.25) is 0 Å². The summed E-state index contributed by atoms with van der Waals surface area (Å²) < 4.78 is 10.8. The largest absolute Gasteiger partial charge is 0.508 e. The maximum absolute atomic E-state index is 12.5. The van der Waals surface area contributed by atoms with Gasteiger partial charge >= 0.3 is 0 Å². The van der Waals surface area contributed by atoms with Gasteiger partial charge in [0.05, 0.1) is 29.9 Å². The molecule has 0 radical (unpaired) electrons. The van der Waals surface area contributed by atoms with Gasteiger partial charge in [-0.05, 0) is 24.8 Å². The molecule has 6 nitrogen and oxygen atoms in total. The fourth-order valence-electron chi connectivity index (χ4n) is 3.39. The maximum atomic E-state index is 12.5. The van der Waals surface area contributed by atoms with Crippen LogP contribution in [0.1, 0.15) is 24.4 Å². The number of likely N-dealkylation sites (tertiary alicyclic amines) is 1. The number of nitrogens with two attached hydrogens (primary N) is 1. The third-order valence-electron chi connectivity index (χ3n) is 4.88.